The van der Waals surface area contributed by atoms with E-state index in [1.807, 2.05) is 44.2 Å². The SMILES string of the molecule is COc1cc(C(=O)NCC(c2ccccc2)c2cc3c(c(-c4cc(Cl)c(F)cc4F)n2)OC[C@]3(C)C(N)=O)cc(C)c1N=C(C)I. The maximum absolute atomic E-state index is 15.3. The van der Waals surface area contributed by atoms with Crippen molar-refractivity contribution >= 4 is 55.4 Å². The standard InChI is InChI=1S/C34H30ClF2IN4O4/c1-17-10-20(11-28(45-4)29(17)41-18(2)38)32(43)40-15-22(19-8-6-5-7-9-19)27-13-23-31(46-16-34(23,3)33(39)44)30(42-27)21-12-24(35)26(37)14-25(21)36/h5-14,22H,15-16H2,1-4H3,(H2,39,44)(H,40,43)/t22?,34-/m0/s1. The number of rotatable bonds is 9. The molecule has 1 aromatic heterocycles. The van der Waals surface area contributed by atoms with Crippen molar-refractivity contribution in [2.45, 2.75) is 32.1 Å². The summed E-state index contributed by atoms with van der Waals surface area (Å²) in [5.41, 5.74) is 7.83. The highest BCUT2D eigenvalue weighted by molar-refractivity contribution is 14.1. The average molecular weight is 759 g/mol. The van der Waals surface area contributed by atoms with E-state index in [1.165, 1.54) is 7.11 Å². The van der Waals surface area contributed by atoms with Crippen molar-refractivity contribution in [3.8, 4) is 22.8 Å². The lowest BCUT2D eigenvalue weighted by molar-refractivity contribution is -0.123. The molecule has 0 spiro atoms. The Morgan fingerprint density at radius 2 is 1.89 bits per heavy atom. The Labute approximate surface area is 283 Å². The third-order valence-corrected chi connectivity index (χ3v) is 8.47. The highest BCUT2D eigenvalue weighted by Crippen LogP contribution is 2.46. The monoisotopic (exact) mass is 758 g/mol. The number of primary amides is 1. The van der Waals surface area contributed by atoms with E-state index in [1.54, 1.807) is 25.1 Å². The number of fused-ring (bicyclic) bond motifs is 1. The number of methoxy groups -OCH3 is 1. The molecule has 0 bridgehead atoms. The van der Waals surface area contributed by atoms with Gasteiger partial charge in [0.1, 0.15) is 46.5 Å². The first kappa shape index (κ1) is 33.3. The number of nitrogens with one attached hydrogen (secondary N) is 1. The van der Waals surface area contributed by atoms with Gasteiger partial charge in [-0.1, -0.05) is 41.9 Å². The minimum Gasteiger partial charge on any atom is -0.494 e. The number of nitrogens with two attached hydrogens (primary N) is 1. The lowest BCUT2D eigenvalue weighted by Crippen LogP contribution is -2.40. The molecule has 0 saturated heterocycles. The maximum Gasteiger partial charge on any atom is 0.251 e. The molecule has 4 aromatic rings. The first-order chi connectivity index (χ1) is 21.8. The van der Waals surface area contributed by atoms with Crippen LogP contribution in [-0.2, 0) is 10.2 Å². The molecule has 1 aliphatic heterocycles. The lowest BCUT2D eigenvalue weighted by Gasteiger charge is -2.23. The minimum absolute atomic E-state index is 0.0335. The fourth-order valence-corrected chi connectivity index (χ4v) is 5.78. The number of halogens is 4. The molecule has 12 heteroatoms. The summed E-state index contributed by atoms with van der Waals surface area (Å²) in [6.45, 7) is 5.31. The third-order valence-electron chi connectivity index (χ3n) is 7.94. The second-order valence-corrected chi connectivity index (χ2v) is 13.1. The molecule has 238 valence electrons. The van der Waals surface area contributed by atoms with Gasteiger partial charge in [-0.2, -0.15) is 0 Å². The van der Waals surface area contributed by atoms with Gasteiger partial charge in [0.15, 0.2) is 0 Å². The predicted molar refractivity (Wildman–Crippen MR) is 182 cm³/mol. The van der Waals surface area contributed by atoms with Crippen molar-refractivity contribution in [3.63, 3.8) is 0 Å². The molecule has 2 heterocycles. The van der Waals surface area contributed by atoms with Crippen molar-refractivity contribution in [3.05, 3.63) is 105 Å². The Kier molecular flexibility index (Phi) is 9.64. The van der Waals surface area contributed by atoms with Crippen LogP contribution in [0.1, 0.15) is 52.5 Å². The fourth-order valence-electron chi connectivity index (χ4n) is 5.38. The molecule has 3 N–H and O–H groups in total. The Hall–Kier alpha value is -4.10. The van der Waals surface area contributed by atoms with Crippen LogP contribution in [0.3, 0.4) is 0 Å². The summed E-state index contributed by atoms with van der Waals surface area (Å²) < 4.78 is 41.6. The molecule has 0 aliphatic carbocycles. The maximum atomic E-state index is 15.3. The summed E-state index contributed by atoms with van der Waals surface area (Å²) in [6, 6.07) is 16.1. The molecule has 2 atom stereocenters. The van der Waals surface area contributed by atoms with Crippen LogP contribution < -0.4 is 20.5 Å². The van der Waals surface area contributed by atoms with Crippen LogP contribution in [0.2, 0.25) is 5.02 Å². The zero-order chi connectivity index (χ0) is 33.3. The van der Waals surface area contributed by atoms with E-state index in [2.05, 4.69) is 32.9 Å². The number of amides is 2. The first-order valence-corrected chi connectivity index (χ1v) is 15.6. The summed E-state index contributed by atoms with van der Waals surface area (Å²) in [7, 11) is 1.52. The molecule has 5 rings (SSSR count). The number of aliphatic imine (C=N–C) groups is 1. The van der Waals surface area contributed by atoms with Crippen LogP contribution in [0.4, 0.5) is 14.5 Å². The number of carbonyl (C=O) groups is 2. The number of aromatic nitrogens is 1. The van der Waals surface area contributed by atoms with Gasteiger partial charge in [0.05, 0.1) is 21.5 Å². The van der Waals surface area contributed by atoms with E-state index >= 15 is 4.39 Å². The van der Waals surface area contributed by atoms with Crippen molar-refractivity contribution in [2.75, 3.05) is 20.3 Å². The average Bonchev–Trinajstić information content (AvgIpc) is 3.37. The van der Waals surface area contributed by atoms with Gasteiger partial charge in [-0.15, -0.1) is 0 Å². The second-order valence-electron chi connectivity index (χ2n) is 11.1. The largest absolute Gasteiger partial charge is 0.494 e. The molecule has 46 heavy (non-hydrogen) atoms. The lowest BCUT2D eigenvalue weighted by atomic mass is 9.81. The quantitative estimate of drug-likeness (QED) is 0.107. The minimum atomic E-state index is -1.26. The Morgan fingerprint density at radius 3 is 2.54 bits per heavy atom. The Morgan fingerprint density at radius 1 is 1.17 bits per heavy atom. The van der Waals surface area contributed by atoms with Crippen LogP contribution in [-0.4, -0.2) is 40.8 Å². The van der Waals surface area contributed by atoms with Gasteiger partial charge in [0, 0.05) is 35.2 Å². The normalized spacial score (nSPS) is 16.4. The van der Waals surface area contributed by atoms with Gasteiger partial charge in [-0.25, -0.2) is 18.8 Å². The fraction of sp³-hybridized carbons (Fsp3) is 0.235. The number of hydrogen-bond donors (Lipinski definition) is 2. The van der Waals surface area contributed by atoms with E-state index in [4.69, 9.17) is 31.8 Å². The van der Waals surface area contributed by atoms with Crippen molar-refractivity contribution in [1.29, 1.82) is 0 Å². The highest BCUT2D eigenvalue weighted by Gasteiger charge is 2.44. The Balaban J connectivity index is 1.61. The number of nitrogens with zero attached hydrogens (tertiary/aromatic N) is 2. The molecule has 1 unspecified atom stereocenters. The van der Waals surface area contributed by atoms with Gasteiger partial charge in [-0.3, -0.25) is 9.59 Å². The van der Waals surface area contributed by atoms with Crippen LogP contribution >= 0.6 is 34.2 Å². The predicted octanol–water partition coefficient (Wildman–Crippen LogP) is 7.18. The van der Waals surface area contributed by atoms with Gasteiger partial charge in [0.2, 0.25) is 5.91 Å². The third kappa shape index (κ3) is 6.43. The summed E-state index contributed by atoms with van der Waals surface area (Å²) >= 11 is 8.16. The summed E-state index contributed by atoms with van der Waals surface area (Å²) in [4.78, 5) is 35.5. The molecular formula is C34H30ClF2IN4O4. The first-order valence-electron chi connectivity index (χ1n) is 14.2. The van der Waals surface area contributed by atoms with Gasteiger partial charge in [0.25, 0.3) is 5.91 Å². The zero-order valence-electron chi connectivity index (χ0n) is 25.4. The van der Waals surface area contributed by atoms with Crippen LogP contribution in [0.5, 0.6) is 11.5 Å². The molecule has 3 aromatic carbocycles. The number of aryl methyl sites for hydroxylation is 1. The van der Waals surface area contributed by atoms with E-state index in [0.29, 0.717) is 34.3 Å². The smallest absolute Gasteiger partial charge is 0.251 e. The number of hydrogen-bond acceptors (Lipinski definition) is 6. The molecule has 0 saturated carbocycles. The molecule has 0 radical (unpaired) electrons. The van der Waals surface area contributed by atoms with Crippen molar-refractivity contribution < 1.29 is 27.8 Å². The number of pyridine rings is 1. The van der Waals surface area contributed by atoms with E-state index in [0.717, 1.165) is 20.9 Å². The highest BCUT2D eigenvalue weighted by atomic mass is 127. The second kappa shape index (κ2) is 13.3. The zero-order valence-corrected chi connectivity index (χ0v) is 28.3. The van der Waals surface area contributed by atoms with Gasteiger partial charge < -0.3 is 20.5 Å². The van der Waals surface area contributed by atoms with E-state index in [9.17, 15) is 14.0 Å². The number of benzene rings is 3. The van der Waals surface area contributed by atoms with Crippen LogP contribution in [0.25, 0.3) is 11.3 Å². The van der Waals surface area contributed by atoms with Crippen molar-refractivity contribution in [1.82, 2.24) is 10.3 Å². The molecule has 2 amide bonds. The Bertz CT molecular complexity index is 1890. The van der Waals surface area contributed by atoms with Crippen LogP contribution in [0, 0.1) is 18.6 Å². The van der Waals surface area contributed by atoms with Gasteiger partial charge in [-0.05, 0) is 78.8 Å². The summed E-state index contributed by atoms with van der Waals surface area (Å²) in [6.07, 6.45) is 0. The number of ether oxygens (including phenoxy) is 2. The molecular weight excluding hydrogens is 729 g/mol. The molecule has 8 nitrogen and oxygen atoms in total. The van der Waals surface area contributed by atoms with E-state index < -0.39 is 28.9 Å². The van der Waals surface area contributed by atoms with Crippen molar-refractivity contribution in [2.24, 2.45) is 10.7 Å². The topological polar surface area (TPSA) is 116 Å². The number of carbonyl (C=O) groups excluding carboxylic acids is 2. The summed E-state index contributed by atoms with van der Waals surface area (Å²) in [5, 5.41) is 2.68. The molecule has 1 aliphatic rings. The van der Waals surface area contributed by atoms with E-state index in [-0.39, 0.29) is 41.1 Å². The molecule has 0 fully saturated rings. The summed E-state index contributed by atoms with van der Waals surface area (Å²) in [5.74, 6) is -2.83. The van der Waals surface area contributed by atoms with Crippen LogP contribution in [0.15, 0.2) is 65.7 Å². The van der Waals surface area contributed by atoms with Gasteiger partial charge >= 0.3 is 0 Å².